The zero-order chi connectivity index (χ0) is 24.2. The second-order valence-electron chi connectivity index (χ2n) is 8.16. The Morgan fingerprint density at radius 2 is 1.54 bits per heavy atom. The molecule has 178 valence electrons. The smallest absolute Gasteiger partial charge is 0.269 e. The molecular formula is C28H27N3O2S2. The molecule has 0 bridgehead atoms. The van der Waals surface area contributed by atoms with Gasteiger partial charge in [-0.1, -0.05) is 55.4 Å². The van der Waals surface area contributed by atoms with Crippen molar-refractivity contribution in [3.05, 3.63) is 88.8 Å². The van der Waals surface area contributed by atoms with E-state index in [0.29, 0.717) is 6.54 Å². The number of unbranched alkanes of at least 4 members (excludes halogenated alkanes) is 1. The second-order valence-corrected chi connectivity index (χ2v) is 10.2. The number of anilines is 1. The van der Waals surface area contributed by atoms with Gasteiger partial charge < -0.3 is 9.64 Å². The average Bonchev–Trinajstić information content (AvgIpc) is 3.41. The van der Waals surface area contributed by atoms with Crippen molar-refractivity contribution < 1.29 is 9.53 Å². The molecule has 3 aromatic rings. The Hall–Kier alpha value is -3.16. The van der Waals surface area contributed by atoms with E-state index in [1.54, 1.807) is 11.8 Å². The Morgan fingerprint density at radius 1 is 0.829 bits per heavy atom. The van der Waals surface area contributed by atoms with Gasteiger partial charge >= 0.3 is 0 Å². The summed E-state index contributed by atoms with van der Waals surface area (Å²) >= 11 is 3.15. The number of amides is 1. The Balaban J connectivity index is 1.43. The summed E-state index contributed by atoms with van der Waals surface area (Å²) < 4.78 is 5.90. The van der Waals surface area contributed by atoms with Crippen molar-refractivity contribution in [3.8, 4) is 11.5 Å². The van der Waals surface area contributed by atoms with Gasteiger partial charge in [-0.15, -0.1) is 0 Å². The minimum Gasteiger partial charge on any atom is -0.457 e. The van der Waals surface area contributed by atoms with Crippen LogP contribution >= 0.6 is 23.5 Å². The van der Waals surface area contributed by atoms with Gasteiger partial charge in [0.2, 0.25) is 0 Å². The van der Waals surface area contributed by atoms with Crippen LogP contribution in [0.4, 0.5) is 11.4 Å². The lowest BCUT2D eigenvalue weighted by atomic mass is 10.3. The van der Waals surface area contributed by atoms with Crippen molar-refractivity contribution >= 4 is 46.0 Å². The van der Waals surface area contributed by atoms with Gasteiger partial charge in [0.15, 0.2) is 5.17 Å². The maximum absolute atomic E-state index is 13.6. The third-order valence-corrected chi connectivity index (χ3v) is 8.14. The molecule has 35 heavy (non-hydrogen) atoms. The summed E-state index contributed by atoms with van der Waals surface area (Å²) in [4.78, 5) is 24.5. The number of hydrogen-bond donors (Lipinski definition) is 0. The minimum atomic E-state index is 0.0417. The predicted octanol–water partition coefficient (Wildman–Crippen LogP) is 7.64. The van der Waals surface area contributed by atoms with Crippen LogP contribution in [0.2, 0.25) is 0 Å². The number of nitrogens with zero attached hydrogens (tertiary/aromatic N) is 3. The molecule has 5 rings (SSSR count). The lowest BCUT2D eigenvalue weighted by molar-refractivity contribution is -0.122. The number of aliphatic imine (C=N–C) groups is 1. The van der Waals surface area contributed by atoms with Crippen LogP contribution in [0.25, 0.3) is 0 Å². The van der Waals surface area contributed by atoms with E-state index in [9.17, 15) is 4.79 Å². The van der Waals surface area contributed by atoms with Gasteiger partial charge in [-0.05, 0) is 73.6 Å². The fraction of sp³-hybridized carbons (Fsp3) is 0.214. The number of hydrogen-bond acceptors (Lipinski definition) is 6. The van der Waals surface area contributed by atoms with E-state index in [1.807, 2.05) is 71.6 Å². The second kappa shape index (κ2) is 10.6. The molecule has 0 atom stereocenters. The minimum absolute atomic E-state index is 0.0417. The summed E-state index contributed by atoms with van der Waals surface area (Å²) in [7, 11) is 0. The van der Waals surface area contributed by atoms with E-state index in [0.717, 1.165) is 57.4 Å². The molecule has 0 aliphatic carbocycles. The summed E-state index contributed by atoms with van der Waals surface area (Å²) in [6.07, 6.45) is 1.95. The van der Waals surface area contributed by atoms with Gasteiger partial charge in [-0.2, -0.15) is 0 Å². The lowest BCUT2D eigenvalue weighted by Crippen LogP contribution is -2.30. The van der Waals surface area contributed by atoms with Gasteiger partial charge in [0.1, 0.15) is 21.4 Å². The number of ether oxygens (including phenoxy) is 1. The first-order valence-electron chi connectivity index (χ1n) is 11.9. The molecule has 7 heteroatoms. The van der Waals surface area contributed by atoms with E-state index in [-0.39, 0.29) is 5.91 Å². The highest BCUT2D eigenvalue weighted by Gasteiger charge is 2.39. The number of fused-ring (bicyclic) bond motifs is 1. The molecule has 0 N–H and O–H groups in total. The summed E-state index contributed by atoms with van der Waals surface area (Å²) in [5.74, 6) is 1.58. The Morgan fingerprint density at radius 3 is 2.29 bits per heavy atom. The van der Waals surface area contributed by atoms with Crippen LogP contribution in [0.3, 0.4) is 0 Å². The van der Waals surface area contributed by atoms with Crippen molar-refractivity contribution in [3.63, 3.8) is 0 Å². The third-order valence-electron chi connectivity index (χ3n) is 5.76. The van der Waals surface area contributed by atoms with Gasteiger partial charge in [-0.25, -0.2) is 4.99 Å². The molecule has 2 aliphatic heterocycles. The quantitative estimate of drug-likeness (QED) is 0.311. The van der Waals surface area contributed by atoms with Gasteiger partial charge in [-0.3, -0.25) is 9.69 Å². The summed E-state index contributed by atoms with van der Waals surface area (Å²) in [5.41, 5.74) is 1.96. The predicted molar refractivity (Wildman–Crippen MR) is 147 cm³/mol. The molecular weight excluding hydrogens is 474 g/mol. The van der Waals surface area contributed by atoms with Crippen molar-refractivity contribution in [1.82, 2.24) is 4.90 Å². The molecule has 1 saturated heterocycles. The molecule has 0 radical (unpaired) electrons. The normalized spacial score (nSPS) is 18.5. The Bertz CT molecular complexity index is 1270. The van der Waals surface area contributed by atoms with E-state index in [2.05, 4.69) is 30.9 Å². The lowest BCUT2D eigenvalue weighted by Gasteiger charge is -2.19. The SMILES string of the molecule is CCCCN1C(=O)C(=C2Sc3ccccc3N2CC)SC1=Nc1ccc(Oc2ccccc2)cc1. The largest absolute Gasteiger partial charge is 0.457 e. The van der Waals surface area contributed by atoms with Gasteiger partial charge in [0, 0.05) is 18.0 Å². The number of rotatable bonds is 7. The van der Waals surface area contributed by atoms with Crippen molar-refractivity contribution in [2.75, 3.05) is 18.0 Å². The monoisotopic (exact) mass is 501 g/mol. The molecule has 0 saturated carbocycles. The van der Waals surface area contributed by atoms with Crippen LogP contribution in [0, 0.1) is 0 Å². The fourth-order valence-corrected chi connectivity index (χ4v) is 6.39. The number of amidine groups is 1. The number of benzene rings is 3. The first-order chi connectivity index (χ1) is 17.2. The van der Waals surface area contributed by atoms with Crippen LogP contribution in [0.1, 0.15) is 26.7 Å². The van der Waals surface area contributed by atoms with Crippen LogP contribution in [-0.2, 0) is 4.79 Å². The first-order valence-corrected chi connectivity index (χ1v) is 13.5. The van der Waals surface area contributed by atoms with Crippen LogP contribution in [0.5, 0.6) is 11.5 Å². The summed E-state index contributed by atoms with van der Waals surface area (Å²) in [6.45, 7) is 5.73. The molecule has 0 spiro atoms. The van der Waals surface area contributed by atoms with E-state index in [4.69, 9.17) is 9.73 Å². The van der Waals surface area contributed by atoms with Gasteiger partial charge in [0.05, 0.1) is 11.4 Å². The average molecular weight is 502 g/mol. The highest BCUT2D eigenvalue weighted by molar-refractivity contribution is 8.19. The van der Waals surface area contributed by atoms with Crippen molar-refractivity contribution in [2.45, 2.75) is 31.6 Å². The molecule has 0 aromatic heterocycles. The standard InChI is InChI=1S/C28H27N3O2S2/c1-3-5-19-31-26(32)25(27-30(4-2)23-13-9-10-14-24(23)34-27)35-28(31)29-20-15-17-22(18-16-20)33-21-11-7-6-8-12-21/h6-18H,3-5,19H2,1-2H3. The number of para-hydroxylation sites is 2. The summed E-state index contributed by atoms with van der Waals surface area (Å²) in [6, 6.07) is 25.7. The van der Waals surface area contributed by atoms with Crippen molar-refractivity contribution in [2.24, 2.45) is 4.99 Å². The molecule has 0 unspecified atom stereocenters. The topological polar surface area (TPSA) is 45.1 Å². The van der Waals surface area contributed by atoms with Crippen molar-refractivity contribution in [1.29, 1.82) is 0 Å². The highest BCUT2D eigenvalue weighted by atomic mass is 32.2. The molecule has 5 nitrogen and oxygen atoms in total. The molecule has 2 aliphatic rings. The third kappa shape index (κ3) is 4.97. The van der Waals surface area contributed by atoms with E-state index in [1.165, 1.54) is 16.7 Å². The number of thioether (sulfide) groups is 2. The molecule has 3 aromatic carbocycles. The first kappa shape index (κ1) is 23.6. The van der Waals surface area contributed by atoms with Crippen LogP contribution < -0.4 is 9.64 Å². The molecule has 1 amide bonds. The van der Waals surface area contributed by atoms with Crippen LogP contribution in [-0.4, -0.2) is 29.1 Å². The Labute approximate surface area is 214 Å². The molecule has 1 fully saturated rings. The highest BCUT2D eigenvalue weighted by Crippen LogP contribution is 2.50. The maximum atomic E-state index is 13.6. The van der Waals surface area contributed by atoms with Crippen LogP contribution in [0.15, 0.2) is 98.7 Å². The maximum Gasteiger partial charge on any atom is 0.269 e. The zero-order valence-corrected chi connectivity index (χ0v) is 21.4. The van der Waals surface area contributed by atoms with E-state index < -0.39 is 0 Å². The number of carbonyl (C=O) groups excluding carboxylic acids is 1. The number of carbonyl (C=O) groups is 1. The fourth-order valence-electron chi connectivity index (χ4n) is 3.97. The Kier molecular flexibility index (Phi) is 7.16. The van der Waals surface area contributed by atoms with E-state index >= 15 is 0 Å². The molecule has 2 heterocycles. The van der Waals surface area contributed by atoms with Gasteiger partial charge in [0.25, 0.3) is 5.91 Å². The zero-order valence-electron chi connectivity index (χ0n) is 19.8. The summed E-state index contributed by atoms with van der Waals surface area (Å²) in [5, 5.41) is 1.73.